The van der Waals surface area contributed by atoms with E-state index >= 15 is 0 Å². The van der Waals surface area contributed by atoms with Crippen molar-refractivity contribution in [2.75, 3.05) is 0 Å². The third-order valence-electron chi connectivity index (χ3n) is 1.77. The van der Waals surface area contributed by atoms with Gasteiger partial charge in [0, 0.05) is 0 Å². The summed E-state index contributed by atoms with van der Waals surface area (Å²) in [4.78, 5) is 0. The van der Waals surface area contributed by atoms with Gasteiger partial charge in [-0.1, -0.05) is 13.0 Å². The van der Waals surface area contributed by atoms with Crippen LogP contribution in [0.2, 0.25) is 0 Å². The molecule has 0 saturated heterocycles. The van der Waals surface area contributed by atoms with Gasteiger partial charge >= 0.3 is 6.61 Å². The first-order valence-electron chi connectivity index (χ1n) is 4.22. The monoisotopic (exact) mass is 201 g/mol. The Morgan fingerprint density at radius 3 is 2.64 bits per heavy atom. The zero-order valence-electron chi connectivity index (χ0n) is 7.71. The lowest BCUT2D eigenvalue weighted by molar-refractivity contribution is -0.0499. The minimum Gasteiger partial charge on any atom is -0.435 e. The van der Waals surface area contributed by atoms with Crippen molar-refractivity contribution in [2.24, 2.45) is 0 Å². The Morgan fingerprint density at radius 1 is 1.43 bits per heavy atom. The first-order chi connectivity index (χ1) is 6.65. The molecule has 1 aromatic rings. The second-order valence-corrected chi connectivity index (χ2v) is 2.77. The maximum atomic E-state index is 11.9. The number of hydrogen-bond acceptors (Lipinski definition) is 2. The van der Waals surface area contributed by atoms with E-state index in [9.17, 15) is 8.78 Å². The van der Waals surface area contributed by atoms with E-state index in [1.165, 1.54) is 12.1 Å². The third-order valence-corrected chi connectivity index (χ3v) is 1.77. The van der Waals surface area contributed by atoms with Crippen molar-refractivity contribution in [1.82, 2.24) is 0 Å². The molecular weight excluding hydrogens is 190 g/mol. The van der Waals surface area contributed by atoms with E-state index in [0.29, 0.717) is 12.0 Å². The Balaban J connectivity index is 2.92. The average molecular weight is 201 g/mol. The highest BCUT2D eigenvalue weighted by Crippen LogP contribution is 2.20. The summed E-state index contributed by atoms with van der Waals surface area (Å²) in [5.74, 6) is 0.0691. The summed E-state index contributed by atoms with van der Waals surface area (Å²) in [5.41, 5.74) is 1.29. The summed E-state index contributed by atoms with van der Waals surface area (Å²) in [7, 11) is 0. The van der Waals surface area contributed by atoms with Gasteiger partial charge in [-0.25, -0.2) is 0 Å². The lowest BCUT2D eigenvalue weighted by Crippen LogP contribution is -2.02. The largest absolute Gasteiger partial charge is 0.435 e. The van der Waals surface area contributed by atoms with Crippen LogP contribution in [0.25, 0.3) is 0 Å². The molecule has 1 aromatic carbocycles. The van der Waals surface area contributed by atoms with Crippen LogP contribution < -0.4 is 4.74 Å². The quantitative estimate of drug-likeness (QED) is 0.811. The van der Waals surface area contributed by atoms with Crippen LogP contribution in [0.15, 0.2) is 18.2 Å². The predicted molar refractivity (Wildman–Crippen MR) is 47.8 cm³/mol. The molecule has 1 radical (unpaired) electrons. The Labute approximate surface area is 81.1 Å². The number of alkyl halides is 2. The van der Waals surface area contributed by atoms with Crippen molar-refractivity contribution in [1.29, 1.82) is 0 Å². The number of aliphatic hydroxyl groups is 1. The average Bonchev–Trinajstić information content (AvgIpc) is 2.16. The van der Waals surface area contributed by atoms with E-state index in [1.54, 1.807) is 6.07 Å². The fraction of sp³-hybridized carbons (Fsp3) is 0.300. The molecule has 0 fully saturated rings. The van der Waals surface area contributed by atoms with Gasteiger partial charge in [-0.3, -0.25) is 0 Å². The number of benzene rings is 1. The first kappa shape index (κ1) is 10.9. The number of ether oxygens (including phenoxy) is 1. The third kappa shape index (κ3) is 2.96. The van der Waals surface area contributed by atoms with Gasteiger partial charge in [0.05, 0.1) is 0 Å². The highest BCUT2D eigenvalue weighted by Gasteiger charge is 2.06. The number of halogens is 2. The molecule has 2 nitrogen and oxygen atoms in total. The highest BCUT2D eigenvalue weighted by atomic mass is 19.3. The molecule has 0 unspecified atom stereocenters. The van der Waals surface area contributed by atoms with E-state index in [4.69, 9.17) is 5.11 Å². The Morgan fingerprint density at radius 2 is 2.14 bits per heavy atom. The second-order valence-electron chi connectivity index (χ2n) is 2.77. The smallest absolute Gasteiger partial charge is 0.387 e. The number of aliphatic hydroxyl groups excluding tert-OH is 1. The van der Waals surface area contributed by atoms with E-state index < -0.39 is 6.61 Å². The second kappa shape index (κ2) is 4.91. The van der Waals surface area contributed by atoms with Crippen molar-refractivity contribution >= 4 is 0 Å². The molecule has 1 N–H and O–H groups in total. The fourth-order valence-corrected chi connectivity index (χ4v) is 1.14. The molecule has 0 saturated carbocycles. The highest BCUT2D eigenvalue weighted by molar-refractivity contribution is 5.36. The topological polar surface area (TPSA) is 29.5 Å². The molecule has 0 aromatic heterocycles. The van der Waals surface area contributed by atoms with Crippen LogP contribution in [0.3, 0.4) is 0 Å². The molecule has 14 heavy (non-hydrogen) atoms. The molecule has 0 aliphatic heterocycles. The number of rotatable bonds is 4. The molecular formula is C10H11F2O2. The first-order valence-corrected chi connectivity index (χ1v) is 4.22. The van der Waals surface area contributed by atoms with Gasteiger partial charge < -0.3 is 9.84 Å². The van der Waals surface area contributed by atoms with Crippen molar-refractivity contribution in [3.63, 3.8) is 0 Å². The fourth-order valence-electron chi connectivity index (χ4n) is 1.14. The van der Waals surface area contributed by atoms with Gasteiger partial charge in [-0.15, -0.1) is 0 Å². The molecule has 0 spiro atoms. The summed E-state index contributed by atoms with van der Waals surface area (Å²) < 4.78 is 28.0. The molecule has 0 bridgehead atoms. The van der Waals surface area contributed by atoms with Crippen molar-refractivity contribution < 1.29 is 18.6 Å². The van der Waals surface area contributed by atoms with Crippen LogP contribution in [0.1, 0.15) is 18.1 Å². The SMILES string of the molecule is CCc1cc([CH]O)cc(OC(F)F)c1. The van der Waals surface area contributed by atoms with Gasteiger partial charge in [0.1, 0.15) is 12.4 Å². The van der Waals surface area contributed by atoms with Gasteiger partial charge in [-0.05, 0) is 29.7 Å². The van der Waals surface area contributed by atoms with Crippen LogP contribution in [0.4, 0.5) is 8.78 Å². The van der Waals surface area contributed by atoms with Crippen LogP contribution in [0.5, 0.6) is 5.75 Å². The molecule has 0 aliphatic rings. The van der Waals surface area contributed by atoms with Gasteiger partial charge in [0.25, 0.3) is 0 Å². The normalized spacial score (nSPS) is 10.6. The lowest BCUT2D eigenvalue weighted by Gasteiger charge is -2.08. The van der Waals surface area contributed by atoms with Crippen molar-refractivity contribution in [2.45, 2.75) is 20.0 Å². The number of aryl methyl sites for hydroxylation is 1. The molecule has 0 heterocycles. The van der Waals surface area contributed by atoms with Crippen LogP contribution in [-0.4, -0.2) is 11.7 Å². The van der Waals surface area contributed by atoms with Crippen LogP contribution in [-0.2, 0) is 6.42 Å². The molecule has 0 aliphatic carbocycles. The standard InChI is InChI=1S/C10H11F2O2/c1-2-7-3-8(6-13)5-9(4-7)14-10(11)12/h3-6,10,13H,2H2,1H3. The maximum Gasteiger partial charge on any atom is 0.387 e. The van der Waals surface area contributed by atoms with Crippen LogP contribution >= 0.6 is 0 Å². The molecule has 0 atom stereocenters. The zero-order valence-corrected chi connectivity index (χ0v) is 7.71. The van der Waals surface area contributed by atoms with E-state index in [2.05, 4.69) is 4.74 Å². The van der Waals surface area contributed by atoms with E-state index in [0.717, 1.165) is 12.2 Å². The molecule has 0 amide bonds. The summed E-state index contributed by atoms with van der Waals surface area (Å²) in [6, 6.07) is 4.59. The molecule has 1 rings (SSSR count). The minimum absolute atomic E-state index is 0.0691. The Hall–Kier alpha value is -1.16. The van der Waals surface area contributed by atoms with Crippen molar-refractivity contribution in [3.8, 4) is 5.75 Å². The summed E-state index contributed by atoms with van der Waals surface area (Å²) in [6.45, 7) is -0.0891. The minimum atomic E-state index is -2.84. The Kier molecular flexibility index (Phi) is 3.83. The molecule has 77 valence electrons. The molecule has 4 heteroatoms. The van der Waals surface area contributed by atoms with E-state index in [1.807, 2.05) is 6.92 Å². The van der Waals surface area contributed by atoms with Gasteiger partial charge in [-0.2, -0.15) is 8.78 Å². The zero-order chi connectivity index (χ0) is 10.6. The number of hydrogen-bond donors (Lipinski definition) is 1. The van der Waals surface area contributed by atoms with Gasteiger partial charge in [0.15, 0.2) is 0 Å². The van der Waals surface area contributed by atoms with Crippen LogP contribution in [0, 0.1) is 6.61 Å². The maximum absolute atomic E-state index is 11.9. The van der Waals surface area contributed by atoms with Gasteiger partial charge in [0.2, 0.25) is 0 Å². The summed E-state index contributed by atoms with van der Waals surface area (Å²) >= 11 is 0. The predicted octanol–water partition coefficient (Wildman–Crippen LogP) is 2.73. The summed E-state index contributed by atoms with van der Waals surface area (Å²) in [6.07, 6.45) is 0.696. The lowest BCUT2D eigenvalue weighted by atomic mass is 10.1. The van der Waals surface area contributed by atoms with E-state index in [-0.39, 0.29) is 5.75 Å². The van der Waals surface area contributed by atoms with Crippen molar-refractivity contribution in [3.05, 3.63) is 35.9 Å². The Bertz CT molecular complexity index is 278. The summed E-state index contributed by atoms with van der Waals surface area (Å²) in [5, 5.41) is 8.75.